The molecule has 0 aromatic rings. The van der Waals surface area contributed by atoms with Crippen molar-refractivity contribution in [3.05, 3.63) is 11.0 Å². The van der Waals surface area contributed by atoms with E-state index in [1.165, 1.54) is 6.92 Å². The molecule has 0 heterocycles. The van der Waals surface area contributed by atoms with Crippen LogP contribution in [0.15, 0.2) is 11.0 Å². The van der Waals surface area contributed by atoms with Crippen LogP contribution in [-0.4, -0.2) is 12.8 Å². The zero-order valence-corrected chi connectivity index (χ0v) is 6.03. The predicted molar refractivity (Wildman–Crippen MR) is 36.0 cm³/mol. The molecule has 1 aliphatic carbocycles. The summed E-state index contributed by atoms with van der Waals surface area (Å²) < 4.78 is 36.1. The molecular formula is C6H7BF3O-. The summed E-state index contributed by atoms with van der Waals surface area (Å²) in [5.74, 6) is -0.362. The summed E-state index contributed by atoms with van der Waals surface area (Å²) in [5, 5.41) is 0. The SMILES string of the molecule is CC1=C([B-](F)(F)F)CCC1=O. The van der Waals surface area contributed by atoms with E-state index in [2.05, 4.69) is 0 Å². The Kier molecular flexibility index (Phi) is 1.82. The second kappa shape index (κ2) is 2.39. The third-order valence-electron chi connectivity index (χ3n) is 1.92. The zero-order chi connectivity index (χ0) is 8.65. The second-order valence-corrected chi connectivity index (χ2v) is 2.65. The monoisotopic (exact) mass is 163 g/mol. The number of allylic oxidation sites excluding steroid dienone is 2. The van der Waals surface area contributed by atoms with E-state index in [1.807, 2.05) is 0 Å². The first-order chi connectivity index (χ1) is 4.93. The highest BCUT2D eigenvalue weighted by Gasteiger charge is 2.34. The van der Waals surface area contributed by atoms with Gasteiger partial charge >= 0.3 is 6.98 Å². The van der Waals surface area contributed by atoms with Gasteiger partial charge in [0.25, 0.3) is 0 Å². The van der Waals surface area contributed by atoms with Gasteiger partial charge in [-0.25, -0.2) is 0 Å². The Labute approximate surface area is 62.3 Å². The van der Waals surface area contributed by atoms with Crippen LogP contribution < -0.4 is 0 Å². The molecule has 0 unspecified atom stereocenters. The summed E-state index contributed by atoms with van der Waals surface area (Å²) in [5.41, 5.74) is -0.674. The number of Topliss-reactive ketones (excluding diaryl/α,β-unsaturated/α-hetero) is 1. The van der Waals surface area contributed by atoms with Gasteiger partial charge in [0.2, 0.25) is 0 Å². The molecule has 5 heteroatoms. The van der Waals surface area contributed by atoms with Gasteiger partial charge in [0, 0.05) is 6.42 Å². The van der Waals surface area contributed by atoms with E-state index >= 15 is 0 Å². The van der Waals surface area contributed by atoms with Crippen molar-refractivity contribution in [2.45, 2.75) is 19.8 Å². The maximum atomic E-state index is 12.0. The molecule has 1 nitrogen and oxygen atoms in total. The summed E-state index contributed by atoms with van der Waals surface area (Å²) in [6.07, 6.45) is -0.0867. The van der Waals surface area contributed by atoms with Crippen molar-refractivity contribution >= 4 is 12.8 Å². The van der Waals surface area contributed by atoms with Gasteiger partial charge in [-0.15, -0.1) is 5.47 Å². The number of ketones is 1. The summed E-state index contributed by atoms with van der Waals surface area (Å²) >= 11 is 0. The summed E-state index contributed by atoms with van der Waals surface area (Å²) in [7, 11) is 0. The fraction of sp³-hybridized carbons (Fsp3) is 0.500. The minimum atomic E-state index is -4.92. The van der Waals surface area contributed by atoms with Gasteiger partial charge in [-0.2, -0.15) is 0 Å². The summed E-state index contributed by atoms with van der Waals surface area (Å²) in [4.78, 5) is 10.7. The molecule has 62 valence electrons. The highest BCUT2D eigenvalue weighted by molar-refractivity contribution is 6.67. The Morgan fingerprint density at radius 2 is 1.82 bits per heavy atom. The second-order valence-electron chi connectivity index (χ2n) is 2.65. The largest absolute Gasteiger partial charge is 0.506 e. The number of hydrogen-bond acceptors (Lipinski definition) is 1. The van der Waals surface area contributed by atoms with Gasteiger partial charge in [0.05, 0.1) is 0 Å². The van der Waals surface area contributed by atoms with E-state index in [-0.39, 0.29) is 24.2 Å². The lowest BCUT2D eigenvalue weighted by molar-refractivity contribution is -0.114. The summed E-state index contributed by atoms with van der Waals surface area (Å²) in [6, 6.07) is 0. The van der Waals surface area contributed by atoms with Crippen LogP contribution in [0.4, 0.5) is 12.9 Å². The van der Waals surface area contributed by atoms with Crippen LogP contribution in [-0.2, 0) is 4.79 Å². The van der Waals surface area contributed by atoms with Crippen molar-refractivity contribution in [3.8, 4) is 0 Å². The number of hydrogen-bond donors (Lipinski definition) is 0. The molecule has 1 rings (SSSR count). The number of carbonyl (C=O) groups excluding carboxylic acids is 1. The Balaban J connectivity index is 2.98. The van der Waals surface area contributed by atoms with Gasteiger partial charge in [0.15, 0.2) is 5.78 Å². The summed E-state index contributed by atoms with van der Waals surface area (Å²) in [6.45, 7) is -3.67. The van der Waals surface area contributed by atoms with Gasteiger partial charge in [-0.05, 0) is 12.5 Å². The smallest absolute Gasteiger partial charge is 0.445 e. The average Bonchev–Trinajstić information content (AvgIpc) is 2.11. The standard InChI is InChI=1S/C6H7BF3O/c1-4-5(7(8,9)10)2-3-6(4)11/h2-3H2,1H3/q-1. The van der Waals surface area contributed by atoms with Crippen molar-refractivity contribution < 1.29 is 17.7 Å². The van der Waals surface area contributed by atoms with Crippen LogP contribution in [0.5, 0.6) is 0 Å². The first-order valence-electron chi connectivity index (χ1n) is 3.35. The lowest BCUT2D eigenvalue weighted by Gasteiger charge is -2.16. The molecule has 0 atom stereocenters. The molecule has 11 heavy (non-hydrogen) atoms. The van der Waals surface area contributed by atoms with Crippen LogP contribution in [0.3, 0.4) is 0 Å². The van der Waals surface area contributed by atoms with E-state index in [1.54, 1.807) is 0 Å². The van der Waals surface area contributed by atoms with Crippen LogP contribution in [0, 0.1) is 0 Å². The van der Waals surface area contributed by atoms with Crippen LogP contribution in [0.2, 0.25) is 0 Å². The molecule has 0 saturated carbocycles. The fourth-order valence-electron chi connectivity index (χ4n) is 1.21. The quantitative estimate of drug-likeness (QED) is 0.540. The van der Waals surface area contributed by atoms with Crippen LogP contribution >= 0.6 is 0 Å². The normalized spacial score (nSPS) is 19.8. The molecule has 0 amide bonds. The van der Waals surface area contributed by atoms with Crippen molar-refractivity contribution in [1.82, 2.24) is 0 Å². The van der Waals surface area contributed by atoms with Crippen LogP contribution in [0.25, 0.3) is 0 Å². The van der Waals surface area contributed by atoms with Crippen molar-refractivity contribution in [3.63, 3.8) is 0 Å². The van der Waals surface area contributed by atoms with E-state index < -0.39 is 12.4 Å². The first-order valence-corrected chi connectivity index (χ1v) is 3.35. The third kappa shape index (κ3) is 1.47. The lowest BCUT2D eigenvalue weighted by Crippen LogP contribution is -2.19. The molecule has 0 aliphatic heterocycles. The van der Waals surface area contributed by atoms with Gasteiger partial charge < -0.3 is 12.9 Å². The molecule has 0 aromatic carbocycles. The van der Waals surface area contributed by atoms with Crippen LogP contribution in [0.1, 0.15) is 19.8 Å². The molecule has 0 fully saturated rings. The molecule has 0 saturated heterocycles. The number of halogens is 3. The third-order valence-corrected chi connectivity index (χ3v) is 1.92. The molecule has 0 radical (unpaired) electrons. The van der Waals surface area contributed by atoms with E-state index in [4.69, 9.17) is 0 Å². The molecule has 1 aliphatic rings. The maximum absolute atomic E-state index is 12.0. The van der Waals surface area contributed by atoms with Crippen molar-refractivity contribution in [2.75, 3.05) is 0 Å². The highest BCUT2D eigenvalue weighted by Crippen LogP contribution is 2.32. The Morgan fingerprint density at radius 1 is 1.27 bits per heavy atom. The maximum Gasteiger partial charge on any atom is 0.506 e. The zero-order valence-electron chi connectivity index (χ0n) is 6.03. The Hall–Kier alpha value is -0.735. The molecular weight excluding hydrogens is 156 g/mol. The highest BCUT2D eigenvalue weighted by atomic mass is 19.4. The van der Waals surface area contributed by atoms with Gasteiger partial charge in [-0.1, -0.05) is 6.42 Å². The van der Waals surface area contributed by atoms with E-state index in [0.29, 0.717) is 0 Å². The fourth-order valence-corrected chi connectivity index (χ4v) is 1.21. The van der Waals surface area contributed by atoms with Crippen molar-refractivity contribution in [1.29, 1.82) is 0 Å². The first kappa shape index (κ1) is 8.36. The number of carbonyl (C=O) groups is 1. The van der Waals surface area contributed by atoms with Gasteiger partial charge in [-0.3, -0.25) is 4.79 Å². The average molecular weight is 163 g/mol. The molecule has 0 N–H and O–H groups in total. The van der Waals surface area contributed by atoms with E-state index in [0.717, 1.165) is 0 Å². The molecule has 0 aromatic heterocycles. The minimum absolute atomic E-state index is 0.0302. The lowest BCUT2D eigenvalue weighted by atomic mass is 9.77. The Bertz CT molecular complexity index is 228. The molecule has 0 spiro atoms. The van der Waals surface area contributed by atoms with E-state index in [9.17, 15) is 17.7 Å². The minimum Gasteiger partial charge on any atom is -0.445 e. The van der Waals surface area contributed by atoms with Gasteiger partial charge in [0.1, 0.15) is 0 Å². The Morgan fingerprint density at radius 3 is 2.00 bits per heavy atom. The topological polar surface area (TPSA) is 17.1 Å². The molecule has 0 bridgehead atoms. The predicted octanol–water partition coefficient (Wildman–Crippen LogP) is 2.05. The number of rotatable bonds is 1. The van der Waals surface area contributed by atoms with Crippen molar-refractivity contribution in [2.24, 2.45) is 0 Å².